The summed E-state index contributed by atoms with van der Waals surface area (Å²) >= 11 is 0. The first kappa shape index (κ1) is 8.72. The van der Waals surface area contributed by atoms with Crippen LogP contribution in [-0.4, -0.2) is 29.2 Å². The van der Waals surface area contributed by atoms with E-state index >= 15 is 0 Å². The molecule has 1 aromatic heterocycles. The molecule has 1 aromatic rings. The van der Waals surface area contributed by atoms with Crippen LogP contribution in [0.15, 0.2) is 12.5 Å². The molecule has 0 saturated carbocycles. The van der Waals surface area contributed by atoms with E-state index in [0.717, 1.165) is 19.6 Å². The van der Waals surface area contributed by atoms with E-state index in [9.17, 15) is 0 Å². The van der Waals surface area contributed by atoms with Crippen molar-refractivity contribution in [3.05, 3.63) is 18.2 Å². The van der Waals surface area contributed by atoms with Crippen LogP contribution >= 0.6 is 0 Å². The molecule has 2 atom stereocenters. The number of hydrogen-bond acceptors (Lipinski definition) is 3. The Balaban J connectivity index is 2.20. The summed E-state index contributed by atoms with van der Waals surface area (Å²) in [7, 11) is 2.04. The maximum Gasteiger partial charge on any atom is 0.0945 e. The molecule has 0 amide bonds. The van der Waals surface area contributed by atoms with Gasteiger partial charge in [0.1, 0.15) is 0 Å². The van der Waals surface area contributed by atoms with Crippen LogP contribution in [0.5, 0.6) is 0 Å². The van der Waals surface area contributed by atoms with Crippen molar-refractivity contribution in [1.82, 2.24) is 14.9 Å². The van der Waals surface area contributed by atoms with Crippen LogP contribution in [0.1, 0.15) is 11.6 Å². The molecular weight excluding hydrogens is 164 g/mol. The Bertz CT molecular complexity index is 281. The van der Waals surface area contributed by atoms with Crippen molar-refractivity contribution in [2.24, 2.45) is 18.7 Å². The van der Waals surface area contributed by atoms with Crippen LogP contribution in [0.4, 0.5) is 0 Å². The molecular formula is C9H16N4. The summed E-state index contributed by atoms with van der Waals surface area (Å²) < 4.78 is 2.08. The summed E-state index contributed by atoms with van der Waals surface area (Å²) in [5.41, 5.74) is 7.00. The average molecular weight is 180 g/mol. The first-order valence-corrected chi connectivity index (χ1v) is 4.70. The standard InChI is InChI=1S/C9H16N4/c1-13-6-12-5-9(13)8-4-11-3-7(8)2-10/h5-8,11H,2-4,10H2,1H3/t7-,8-/m1/s1. The maximum atomic E-state index is 5.71. The number of aromatic nitrogens is 2. The Labute approximate surface area is 78.1 Å². The molecule has 4 heteroatoms. The van der Waals surface area contributed by atoms with Gasteiger partial charge in [0.05, 0.1) is 6.33 Å². The molecule has 1 fully saturated rings. The van der Waals surface area contributed by atoms with Gasteiger partial charge in [-0.05, 0) is 19.0 Å². The molecule has 4 nitrogen and oxygen atoms in total. The number of imidazole rings is 1. The predicted octanol–water partition coefficient (Wildman–Crippen LogP) is -0.318. The summed E-state index contributed by atoms with van der Waals surface area (Å²) in [6.45, 7) is 2.82. The topological polar surface area (TPSA) is 55.9 Å². The van der Waals surface area contributed by atoms with Gasteiger partial charge in [-0.15, -0.1) is 0 Å². The van der Waals surface area contributed by atoms with Crippen molar-refractivity contribution in [3.63, 3.8) is 0 Å². The lowest BCUT2D eigenvalue weighted by atomic mass is 9.93. The molecule has 1 aliphatic heterocycles. The second-order valence-electron chi connectivity index (χ2n) is 3.69. The number of nitrogens with zero attached hydrogens (tertiary/aromatic N) is 2. The fourth-order valence-electron chi connectivity index (χ4n) is 2.05. The van der Waals surface area contributed by atoms with E-state index in [0.29, 0.717) is 11.8 Å². The van der Waals surface area contributed by atoms with E-state index in [1.165, 1.54) is 5.69 Å². The first-order valence-electron chi connectivity index (χ1n) is 4.70. The van der Waals surface area contributed by atoms with Crippen LogP contribution in [0, 0.1) is 5.92 Å². The molecule has 0 radical (unpaired) electrons. The highest BCUT2D eigenvalue weighted by Crippen LogP contribution is 2.26. The maximum absolute atomic E-state index is 5.71. The zero-order chi connectivity index (χ0) is 9.26. The fourth-order valence-corrected chi connectivity index (χ4v) is 2.05. The minimum Gasteiger partial charge on any atom is -0.337 e. The molecule has 0 spiro atoms. The van der Waals surface area contributed by atoms with E-state index in [2.05, 4.69) is 14.9 Å². The van der Waals surface area contributed by atoms with Gasteiger partial charge in [0.25, 0.3) is 0 Å². The van der Waals surface area contributed by atoms with Gasteiger partial charge in [-0.2, -0.15) is 0 Å². The minimum absolute atomic E-state index is 0.539. The zero-order valence-corrected chi connectivity index (χ0v) is 7.90. The number of hydrogen-bond donors (Lipinski definition) is 2. The summed E-state index contributed by atoms with van der Waals surface area (Å²) in [4.78, 5) is 4.13. The third-order valence-electron chi connectivity index (χ3n) is 2.88. The number of nitrogens with two attached hydrogens (primary N) is 1. The molecule has 13 heavy (non-hydrogen) atoms. The molecule has 0 aromatic carbocycles. The van der Waals surface area contributed by atoms with Gasteiger partial charge in [0.15, 0.2) is 0 Å². The summed E-state index contributed by atoms with van der Waals surface area (Å²) in [5.74, 6) is 1.10. The van der Waals surface area contributed by atoms with Gasteiger partial charge in [-0.1, -0.05) is 0 Å². The van der Waals surface area contributed by atoms with Crippen molar-refractivity contribution < 1.29 is 0 Å². The molecule has 0 unspecified atom stereocenters. The van der Waals surface area contributed by atoms with Gasteiger partial charge >= 0.3 is 0 Å². The zero-order valence-electron chi connectivity index (χ0n) is 7.90. The van der Waals surface area contributed by atoms with Crippen molar-refractivity contribution in [2.75, 3.05) is 19.6 Å². The van der Waals surface area contributed by atoms with Crippen molar-refractivity contribution in [2.45, 2.75) is 5.92 Å². The van der Waals surface area contributed by atoms with Crippen molar-refractivity contribution in [1.29, 1.82) is 0 Å². The van der Waals surface area contributed by atoms with Crippen molar-refractivity contribution in [3.8, 4) is 0 Å². The summed E-state index contributed by atoms with van der Waals surface area (Å²) in [6, 6.07) is 0. The first-order chi connectivity index (χ1) is 6.33. The molecule has 1 saturated heterocycles. The highest BCUT2D eigenvalue weighted by Gasteiger charge is 2.28. The largest absolute Gasteiger partial charge is 0.337 e. The molecule has 1 aliphatic rings. The summed E-state index contributed by atoms with van der Waals surface area (Å²) in [6.07, 6.45) is 3.79. The Morgan fingerprint density at radius 1 is 1.69 bits per heavy atom. The lowest BCUT2D eigenvalue weighted by molar-refractivity contribution is 0.510. The Kier molecular flexibility index (Phi) is 2.33. The van der Waals surface area contributed by atoms with E-state index in [4.69, 9.17) is 5.73 Å². The lowest BCUT2D eigenvalue weighted by Crippen LogP contribution is -2.22. The highest BCUT2D eigenvalue weighted by molar-refractivity contribution is 5.11. The van der Waals surface area contributed by atoms with Crippen LogP contribution in [-0.2, 0) is 7.05 Å². The van der Waals surface area contributed by atoms with E-state index in [1.807, 2.05) is 19.6 Å². The molecule has 2 rings (SSSR count). The molecule has 0 aliphatic carbocycles. The number of nitrogens with one attached hydrogen (secondary N) is 1. The second-order valence-corrected chi connectivity index (χ2v) is 3.69. The third-order valence-corrected chi connectivity index (χ3v) is 2.88. The molecule has 3 N–H and O–H groups in total. The number of aryl methyl sites for hydroxylation is 1. The van der Waals surface area contributed by atoms with Gasteiger partial charge in [0, 0.05) is 31.4 Å². The van der Waals surface area contributed by atoms with Crippen molar-refractivity contribution >= 4 is 0 Å². The van der Waals surface area contributed by atoms with Gasteiger partial charge in [-0.25, -0.2) is 4.98 Å². The van der Waals surface area contributed by atoms with E-state index in [1.54, 1.807) is 0 Å². The van der Waals surface area contributed by atoms with Gasteiger partial charge < -0.3 is 15.6 Å². The van der Waals surface area contributed by atoms with Crippen LogP contribution in [0.3, 0.4) is 0 Å². The van der Waals surface area contributed by atoms with Gasteiger partial charge in [-0.3, -0.25) is 0 Å². The smallest absolute Gasteiger partial charge is 0.0945 e. The van der Waals surface area contributed by atoms with Crippen LogP contribution in [0.2, 0.25) is 0 Å². The van der Waals surface area contributed by atoms with Crippen LogP contribution in [0.25, 0.3) is 0 Å². The Morgan fingerprint density at radius 3 is 3.15 bits per heavy atom. The molecule has 72 valence electrons. The normalized spacial score (nSPS) is 28.2. The van der Waals surface area contributed by atoms with E-state index in [-0.39, 0.29) is 0 Å². The fraction of sp³-hybridized carbons (Fsp3) is 0.667. The Hall–Kier alpha value is -0.870. The van der Waals surface area contributed by atoms with Crippen LogP contribution < -0.4 is 11.1 Å². The summed E-state index contributed by atoms with van der Waals surface area (Å²) in [5, 5.41) is 3.37. The quantitative estimate of drug-likeness (QED) is 0.656. The Morgan fingerprint density at radius 2 is 2.54 bits per heavy atom. The minimum atomic E-state index is 0.539. The third kappa shape index (κ3) is 1.47. The monoisotopic (exact) mass is 180 g/mol. The SMILES string of the molecule is Cn1cncc1[C@@H]1CNC[C@H]1CN. The van der Waals surface area contributed by atoms with E-state index < -0.39 is 0 Å². The highest BCUT2D eigenvalue weighted by atomic mass is 15.0. The average Bonchev–Trinajstić information content (AvgIpc) is 2.71. The predicted molar refractivity (Wildman–Crippen MR) is 51.4 cm³/mol. The molecule has 0 bridgehead atoms. The van der Waals surface area contributed by atoms with Gasteiger partial charge in [0.2, 0.25) is 0 Å². The molecule has 2 heterocycles. The number of rotatable bonds is 2. The second kappa shape index (κ2) is 3.47. The lowest BCUT2D eigenvalue weighted by Gasteiger charge is -2.16.